The fraction of sp³-hybridized carbons (Fsp3) is 0.367. The van der Waals surface area contributed by atoms with Crippen LogP contribution in [0.3, 0.4) is 0 Å². The van der Waals surface area contributed by atoms with Gasteiger partial charge in [0.05, 0.1) is 20.9 Å². The molecule has 2 saturated heterocycles. The predicted molar refractivity (Wildman–Crippen MR) is 168 cm³/mol. The quantitative estimate of drug-likeness (QED) is 0.301. The minimum Gasteiger partial charge on any atom is -0.356 e. The van der Waals surface area contributed by atoms with Gasteiger partial charge < -0.3 is 20.1 Å². The lowest BCUT2D eigenvalue weighted by Gasteiger charge is -2.32. The SMILES string of the molecule is NC1CCN(c2ncnc3c2c(-c2cccc(Cl)c2Cl)cn3CC(=O)N2CCC(n3c(=O)[nH]c4ncccc43)CC2)CC1. The number of piperidine rings is 2. The number of benzene rings is 1. The number of hydrogen-bond donors (Lipinski definition) is 2. The van der Waals surface area contributed by atoms with E-state index in [9.17, 15) is 9.59 Å². The Morgan fingerprint density at radius 2 is 1.77 bits per heavy atom. The van der Waals surface area contributed by atoms with E-state index in [-0.39, 0.29) is 30.2 Å². The van der Waals surface area contributed by atoms with Gasteiger partial charge in [-0.05, 0) is 43.9 Å². The van der Waals surface area contributed by atoms with Crippen LogP contribution in [0.4, 0.5) is 5.82 Å². The van der Waals surface area contributed by atoms with Gasteiger partial charge in [0.15, 0.2) is 5.65 Å². The van der Waals surface area contributed by atoms with E-state index in [1.807, 2.05) is 39.9 Å². The molecule has 0 atom stereocenters. The average Bonchev–Trinajstić information content (AvgIpc) is 3.56. The van der Waals surface area contributed by atoms with Gasteiger partial charge in [0, 0.05) is 61.8 Å². The molecule has 0 bridgehead atoms. The lowest BCUT2D eigenvalue weighted by Crippen LogP contribution is -2.41. The maximum atomic E-state index is 13.7. The number of carbonyl (C=O) groups excluding carboxylic acids is 1. The van der Waals surface area contributed by atoms with Gasteiger partial charge in [-0.25, -0.2) is 19.7 Å². The van der Waals surface area contributed by atoms with Crippen LogP contribution in [0.15, 0.2) is 53.8 Å². The van der Waals surface area contributed by atoms with Gasteiger partial charge in [0.2, 0.25) is 5.91 Å². The number of carbonyl (C=O) groups is 1. The number of aromatic amines is 1. The molecular weight excluding hydrogens is 589 g/mol. The molecule has 0 spiro atoms. The summed E-state index contributed by atoms with van der Waals surface area (Å²) in [7, 11) is 0. The molecule has 0 saturated carbocycles. The number of hydrogen-bond acceptors (Lipinski definition) is 7. The molecule has 3 N–H and O–H groups in total. The fourth-order valence-corrected chi connectivity index (χ4v) is 6.84. The Morgan fingerprint density at radius 3 is 2.56 bits per heavy atom. The van der Waals surface area contributed by atoms with Crippen molar-refractivity contribution in [3.8, 4) is 11.1 Å². The second-order valence-corrected chi connectivity index (χ2v) is 12.1. The van der Waals surface area contributed by atoms with E-state index >= 15 is 0 Å². The Hall–Kier alpha value is -3.93. The molecule has 2 aliphatic rings. The number of H-pyrrole nitrogens is 1. The Labute approximate surface area is 257 Å². The first-order valence-corrected chi connectivity index (χ1v) is 15.3. The summed E-state index contributed by atoms with van der Waals surface area (Å²) < 4.78 is 3.66. The number of anilines is 1. The van der Waals surface area contributed by atoms with Gasteiger partial charge >= 0.3 is 5.69 Å². The van der Waals surface area contributed by atoms with Crippen LogP contribution in [-0.4, -0.2) is 72.1 Å². The lowest BCUT2D eigenvalue weighted by atomic mass is 10.0. The lowest BCUT2D eigenvalue weighted by molar-refractivity contribution is -0.133. The maximum absolute atomic E-state index is 13.7. The standard InChI is InChI=1S/C30H31Cl2N9O2/c31-22-4-1-3-20(26(22)32)21-15-40(29-25(21)28(35-17-36-29)39-11-6-18(33)7-12-39)16-24(42)38-13-8-19(9-14-38)41-23-5-2-10-34-27(23)37-30(41)43/h1-5,10,15,17-19H,6-9,11-14,16,33H2,(H,34,37,43). The highest BCUT2D eigenvalue weighted by atomic mass is 35.5. The summed E-state index contributed by atoms with van der Waals surface area (Å²) in [6.45, 7) is 2.76. The van der Waals surface area contributed by atoms with Gasteiger partial charge in [-0.2, -0.15) is 0 Å². The van der Waals surface area contributed by atoms with Crippen LogP contribution in [0.25, 0.3) is 33.3 Å². The number of fused-ring (bicyclic) bond motifs is 2. The number of nitrogens with one attached hydrogen (secondary N) is 1. The summed E-state index contributed by atoms with van der Waals surface area (Å²) in [6, 6.07) is 9.42. The number of amides is 1. The summed E-state index contributed by atoms with van der Waals surface area (Å²) in [5.41, 5.74) is 9.62. The first-order valence-electron chi connectivity index (χ1n) is 14.5. The topological polar surface area (TPSA) is 131 Å². The van der Waals surface area contributed by atoms with Crippen molar-refractivity contribution >= 4 is 57.1 Å². The third kappa shape index (κ3) is 5.05. The van der Waals surface area contributed by atoms with Crippen molar-refractivity contribution in [2.75, 3.05) is 31.1 Å². The molecule has 1 aromatic carbocycles. The first kappa shape index (κ1) is 27.9. The third-order valence-corrected chi connectivity index (χ3v) is 9.51. The van der Waals surface area contributed by atoms with E-state index in [0.29, 0.717) is 47.3 Å². The number of nitrogens with zero attached hydrogens (tertiary/aromatic N) is 7. The van der Waals surface area contributed by atoms with E-state index < -0.39 is 0 Å². The van der Waals surface area contributed by atoms with E-state index in [1.165, 1.54) is 0 Å². The Bertz CT molecular complexity index is 1880. The highest BCUT2D eigenvalue weighted by Crippen LogP contribution is 2.41. The normalized spacial score (nSPS) is 16.9. The van der Waals surface area contributed by atoms with Crippen LogP contribution in [0.5, 0.6) is 0 Å². The van der Waals surface area contributed by atoms with Crippen LogP contribution in [-0.2, 0) is 11.3 Å². The number of rotatable bonds is 5. The Kier molecular flexibility index (Phi) is 7.32. The van der Waals surface area contributed by atoms with Crippen LogP contribution >= 0.6 is 23.2 Å². The fourth-order valence-electron chi connectivity index (χ4n) is 6.44. The first-order chi connectivity index (χ1) is 20.9. The van der Waals surface area contributed by atoms with Crippen LogP contribution < -0.4 is 16.3 Å². The third-order valence-electron chi connectivity index (χ3n) is 8.69. The molecule has 11 nitrogen and oxygen atoms in total. The van der Waals surface area contributed by atoms with Crippen molar-refractivity contribution in [2.45, 2.75) is 44.3 Å². The van der Waals surface area contributed by atoms with Gasteiger partial charge in [-0.1, -0.05) is 35.3 Å². The number of aromatic nitrogens is 6. The van der Waals surface area contributed by atoms with Crippen molar-refractivity contribution in [3.63, 3.8) is 0 Å². The monoisotopic (exact) mass is 619 g/mol. The van der Waals surface area contributed by atoms with E-state index in [1.54, 1.807) is 23.2 Å². The van der Waals surface area contributed by atoms with Crippen molar-refractivity contribution in [3.05, 3.63) is 69.6 Å². The van der Waals surface area contributed by atoms with Gasteiger partial charge in [0.25, 0.3) is 0 Å². The molecule has 2 aliphatic heterocycles. The van der Waals surface area contributed by atoms with E-state index in [0.717, 1.165) is 53.8 Å². The Morgan fingerprint density at radius 1 is 0.977 bits per heavy atom. The highest BCUT2D eigenvalue weighted by molar-refractivity contribution is 6.44. The maximum Gasteiger partial charge on any atom is 0.327 e. The molecule has 222 valence electrons. The second kappa shape index (κ2) is 11.3. The van der Waals surface area contributed by atoms with Crippen LogP contribution in [0, 0.1) is 0 Å². The molecular formula is C30H31Cl2N9O2. The second-order valence-electron chi connectivity index (χ2n) is 11.3. The van der Waals surface area contributed by atoms with E-state index in [4.69, 9.17) is 33.9 Å². The van der Waals surface area contributed by atoms with Crippen molar-refractivity contribution in [1.29, 1.82) is 0 Å². The van der Waals surface area contributed by atoms with Crippen LogP contribution in [0.1, 0.15) is 31.7 Å². The molecule has 43 heavy (non-hydrogen) atoms. The summed E-state index contributed by atoms with van der Waals surface area (Å²) in [4.78, 5) is 46.9. The van der Waals surface area contributed by atoms with E-state index in [2.05, 4.69) is 19.9 Å². The molecule has 7 rings (SSSR count). The summed E-state index contributed by atoms with van der Waals surface area (Å²) in [5.74, 6) is 0.782. The van der Waals surface area contributed by atoms with Crippen molar-refractivity contribution in [1.82, 2.24) is 34.0 Å². The smallest absolute Gasteiger partial charge is 0.327 e. The average molecular weight is 621 g/mol. The zero-order valence-corrected chi connectivity index (χ0v) is 24.9. The summed E-state index contributed by atoms with van der Waals surface area (Å²) in [6.07, 6.45) is 8.23. The van der Waals surface area contributed by atoms with Gasteiger partial charge in [-0.15, -0.1) is 0 Å². The molecule has 2 fully saturated rings. The summed E-state index contributed by atoms with van der Waals surface area (Å²) >= 11 is 13.1. The molecule has 0 aliphatic carbocycles. The number of nitrogens with two attached hydrogens (primary N) is 1. The minimum absolute atomic E-state index is 0.00792. The van der Waals surface area contributed by atoms with Gasteiger partial charge in [-0.3, -0.25) is 14.3 Å². The number of halogens is 2. The number of pyridine rings is 1. The zero-order valence-electron chi connectivity index (χ0n) is 23.4. The number of likely N-dealkylation sites (tertiary alicyclic amines) is 1. The summed E-state index contributed by atoms with van der Waals surface area (Å²) in [5, 5.41) is 1.72. The molecule has 4 aromatic heterocycles. The van der Waals surface area contributed by atoms with Crippen molar-refractivity contribution in [2.24, 2.45) is 5.73 Å². The predicted octanol–water partition coefficient (Wildman–Crippen LogP) is 4.23. The molecule has 0 unspecified atom stereocenters. The van der Waals surface area contributed by atoms with Crippen molar-refractivity contribution < 1.29 is 4.79 Å². The Balaban J connectivity index is 1.18. The molecule has 5 aromatic rings. The zero-order chi connectivity index (χ0) is 29.7. The van der Waals surface area contributed by atoms with Crippen LogP contribution in [0.2, 0.25) is 10.0 Å². The molecule has 6 heterocycles. The molecule has 1 amide bonds. The number of imidazole rings is 1. The van der Waals surface area contributed by atoms with Gasteiger partial charge in [0.1, 0.15) is 24.3 Å². The highest BCUT2D eigenvalue weighted by Gasteiger charge is 2.29. The minimum atomic E-state index is -0.171. The molecule has 0 radical (unpaired) electrons. The largest absolute Gasteiger partial charge is 0.356 e. The molecule has 13 heteroatoms.